The number of benzene rings is 1. The second-order valence-corrected chi connectivity index (χ2v) is 8.36. The Morgan fingerprint density at radius 1 is 1.35 bits per heavy atom. The minimum atomic E-state index is -3.29. The van der Waals surface area contributed by atoms with Gasteiger partial charge in [0.15, 0.2) is 9.84 Å². The smallest absolute Gasteiger partial charge is 0.154 e. The highest BCUT2D eigenvalue weighted by molar-refractivity contribution is 7.92. The van der Waals surface area contributed by atoms with Gasteiger partial charge in [-0.1, -0.05) is 13.0 Å². The Balaban J connectivity index is 3.36. The average Bonchev–Trinajstić information content (AvgIpc) is 2.32. The van der Waals surface area contributed by atoms with E-state index in [-0.39, 0.29) is 5.82 Å². The SMILES string of the molecule is CCCNC(c1cc(F)ccc1C)C(C)(C)S(C)(=O)=O. The molecule has 1 atom stereocenters. The molecule has 0 spiro atoms. The molecule has 0 aliphatic rings. The van der Waals surface area contributed by atoms with Crippen molar-refractivity contribution in [3.05, 3.63) is 35.1 Å². The summed E-state index contributed by atoms with van der Waals surface area (Å²) >= 11 is 0. The molecule has 0 heterocycles. The van der Waals surface area contributed by atoms with Crippen molar-refractivity contribution >= 4 is 9.84 Å². The highest BCUT2D eigenvalue weighted by Gasteiger charge is 2.40. The Hall–Kier alpha value is -0.940. The molecule has 1 rings (SSSR count). The first-order chi connectivity index (χ1) is 9.11. The van der Waals surface area contributed by atoms with Gasteiger partial charge < -0.3 is 5.32 Å². The molecule has 0 aromatic heterocycles. The zero-order valence-corrected chi connectivity index (χ0v) is 13.6. The minimum Gasteiger partial charge on any atom is -0.309 e. The van der Waals surface area contributed by atoms with Gasteiger partial charge in [-0.3, -0.25) is 0 Å². The first-order valence-corrected chi connectivity index (χ1v) is 8.69. The number of sulfone groups is 1. The molecule has 0 saturated carbocycles. The van der Waals surface area contributed by atoms with Crippen LogP contribution in [0.2, 0.25) is 0 Å². The maximum Gasteiger partial charge on any atom is 0.154 e. The van der Waals surface area contributed by atoms with Gasteiger partial charge >= 0.3 is 0 Å². The predicted molar refractivity (Wildman–Crippen MR) is 81.1 cm³/mol. The number of hydrogen-bond acceptors (Lipinski definition) is 3. The van der Waals surface area contributed by atoms with Crippen LogP contribution in [-0.2, 0) is 9.84 Å². The molecule has 0 saturated heterocycles. The van der Waals surface area contributed by atoms with Crippen LogP contribution in [0.5, 0.6) is 0 Å². The monoisotopic (exact) mass is 301 g/mol. The van der Waals surface area contributed by atoms with Crippen molar-refractivity contribution < 1.29 is 12.8 Å². The molecule has 5 heteroatoms. The highest BCUT2D eigenvalue weighted by Crippen LogP contribution is 2.34. The van der Waals surface area contributed by atoms with Crippen LogP contribution in [0.15, 0.2) is 18.2 Å². The summed E-state index contributed by atoms with van der Waals surface area (Å²) in [5.74, 6) is -0.349. The molecule has 3 nitrogen and oxygen atoms in total. The van der Waals surface area contributed by atoms with E-state index in [9.17, 15) is 12.8 Å². The van der Waals surface area contributed by atoms with Gasteiger partial charge in [-0.25, -0.2) is 12.8 Å². The molecule has 20 heavy (non-hydrogen) atoms. The fourth-order valence-corrected chi connectivity index (χ4v) is 2.79. The molecular formula is C15H24FNO2S. The van der Waals surface area contributed by atoms with Crippen molar-refractivity contribution in [2.75, 3.05) is 12.8 Å². The topological polar surface area (TPSA) is 46.2 Å². The van der Waals surface area contributed by atoms with Crippen LogP contribution in [0.25, 0.3) is 0 Å². The molecule has 0 radical (unpaired) electrons. The maximum atomic E-state index is 13.5. The fourth-order valence-electron chi connectivity index (χ4n) is 2.16. The van der Waals surface area contributed by atoms with Crippen molar-refractivity contribution in [2.45, 2.75) is 44.9 Å². The standard InChI is InChI=1S/C15H24FNO2S/c1-6-9-17-14(15(3,4)20(5,18)19)13-10-12(16)8-7-11(13)2/h7-8,10,14,17H,6,9H2,1-5H3. The largest absolute Gasteiger partial charge is 0.309 e. The zero-order valence-electron chi connectivity index (χ0n) is 12.8. The van der Waals surface area contributed by atoms with E-state index in [1.54, 1.807) is 19.9 Å². The second kappa shape index (κ2) is 6.22. The molecule has 0 fully saturated rings. The Morgan fingerprint density at radius 3 is 2.45 bits per heavy atom. The number of nitrogens with one attached hydrogen (secondary N) is 1. The van der Waals surface area contributed by atoms with Gasteiger partial charge in [-0.15, -0.1) is 0 Å². The Kier molecular flexibility index (Phi) is 5.33. The van der Waals surface area contributed by atoms with Crippen molar-refractivity contribution in [2.24, 2.45) is 0 Å². The van der Waals surface area contributed by atoms with Gasteiger partial charge in [0.2, 0.25) is 0 Å². The lowest BCUT2D eigenvalue weighted by molar-refractivity contribution is 0.417. The number of aryl methyl sites for hydroxylation is 1. The third-order valence-corrected chi connectivity index (χ3v) is 5.95. The van der Waals surface area contributed by atoms with Crippen LogP contribution < -0.4 is 5.32 Å². The number of rotatable bonds is 6. The van der Waals surface area contributed by atoms with Crippen LogP contribution >= 0.6 is 0 Å². The lowest BCUT2D eigenvalue weighted by atomic mass is 9.91. The second-order valence-electron chi connectivity index (χ2n) is 5.76. The van der Waals surface area contributed by atoms with Crippen LogP contribution in [0.1, 0.15) is 44.4 Å². The quantitative estimate of drug-likeness (QED) is 0.878. The molecule has 0 aliphatic heterocycles. The van der Waals surface area contributed by atoms with E-state index in [1.165, 1.54) is 18.4 Å². The summed E-state index contributed by atoms with van der Waals surface area (Å²) < 4.78 is 36.7. The first kappa shape index (κ1) is 17.1. The van der Waals surface area contributed by atoms with Crippen molar-refractivity contribution in [1.82, 2.24) is 5.32 Å². The van der Waals surface area contributed by atoms with Crippen molar-refractivity contribution in [3.63, 3.8) is 0 Å². The minimum absolute atomic E-state index is 0.349. The van der Waals surface area contributed by atoms with E-state index in [0.717, 1.165) is 12.0 Å². The molecule has 0 amide bonds. The normalized spacial score (nSPS) is 14.3. The van der Waals surface area contributed by atoms with Gasteiger partial charge in [-0.2, -0.15) is 0 Å². The van der Waals surface area contributed by atoms with Gasteiger partial charge in [0.1, 0.15) is 5.82 Å². The van der Waals surface area contributed by atoms with Gasteiger partial charge in [0.05, 0.1) is 10.8 Å². The first-order valence-electron chi connectivity index (χ1n) is 6.80. The lowest BCUT2D eigenvalue weighted by Gasteiger charge is -2.34. The molecule has 114 valence electrons. The van der Waals surface area contributed by atoms with Crippen LogP contribution in [-0.4, -0.2) is 26.0 Å². The average molecular weight is 301 g/mol. The van der Waals surface area contributed by atoms with E-state index >= 15 is 0 Å². The Morgan fingerprint density at radius 2 is 1.95 bits per heavy atom. The van der Waals surface area contributed by atoms with E-state index < -0.39 is 20.6 Å². The van der Waals surface area contributed by atoms with E-state index in [2.05, 4.69) is 5.32 Å². The van der Waals surface area contributed by atoms with Crippen molar-refractivity contribution in [3.8, 4) is 0 Å². The van der Waals surface area contributed by atoms with Gasteiger partial charge in [-0.05, 0) is 57.0 Å². The molecule has 1 N–H and O–H groups in total. The number of hydrogen-bond donors (Lipinski definition) is 1. The van der Waals surface area contributed by atoms with E-state index in [1.807, 2.05) is 13.8 Å². The summed E-state index contributed by atoms with van der Waals surface area (Å²) in [7, 11) is -3.29. The third-order valence-electron chi connectivity index (χ3n) is 3.80. The Bertz CT molecular complexity index is 567. The molecule has 1 unspecified atom stereocenters. The van der Waals surface area contributed by atoms with Gasteiger partial charge in [0.25, 0.3) is 0 Å². The van der Waals surface area contributed by atoms with Crippen LogP contribution in [0, 0.1) is 12.7 Å². The molecule has 0 aliphatic carbocycles. The summed E-state index contributed by atoms with van der Waals surface area (Å²) in [6, 6.07) is 4.07. The maximum absolute atomic E-state index is 13.5. The summed E-state index contributed by atoms with van der Waals surface area (Å²) in [6.45, 7) is 7.92. The summed E-state index contributed by atoms with van der Waals surface area (Å²) in [5, 5.41) is 3.25. The summed E-state index contributed by atoms with van der Waals surface area (Å²) in [4.78, 5) is 0. The van der Waals surface area contributed by atoms with E-state index in [0.29, 0.717) is 12.1 Å². The summed E-state index contributed by atoms with van der Waals surface area (Å²) in [5.41, 5.74) is 1.59. The van der Waals surface area contributed by atoms with Crippen LogP contribution in [0.3, 0.4) is 0 Å². The third kappa shape index (κ3) is 3.58. The predicted octanol–water partition coefficient (Wildman–Crippen LogP) is 3.00. The zero-order chi connectivity index (χ0) is 15.6. The lowest BCUT2D eigenvalue weighted by Crippen LogP contribution is -2.45. The Labute approximate surface area is 121 Å². The van der Waals surface area contributed by atoms with Gasteiger partial charge in [0, 0.05) is 6.26 Å². The molecule has 1 aromatic carbocycles. The van der Waals surface area contributed by atoms with Crippen molar-refractivity contribution in [1.29, 1.82) is 0 Å². The fraction of sp³-hybridized carbons (Fsp3) is 0.600. The highest BCUT2D eigenvalue weighted by atomic mass is 32.2. The molecule has 0 bridgehead atoms. The number of halogens is 1. The van der Waals surface area contributed by atoms with Crippen LogP contribution in [0.4, 0.5) is 4.39 Å². The molecular weight excluding hydrogens is 277 g/mol. The summed E-state index contributed by atoms with van der Waals surface area (Å²) in [6.07, 6.45) is 2.10. The van der Waals surface area contributed by atoms with E-state index in [4.69, 9.17) is 0 Å². The molecule has 1 aromatic rings.